The normalized spacial score (nSPS) is 17.7. The molecule has 0 spiro atoms. The lowest BCUT2D eigenvalue weighted by atomic mass is 10.1. The molecule has 1 heterocycles. The third-order valence-corrected chi connectivity index (χ3v) is 5.97. The average molecular weight is 394 g/mol. The molecule has 5 nitrogen and oxygen atoms in total. The average Bonchev–Trinajstić information content (AvgIpc) is 3.21. The molecule has 29 heavy (non-hydrogen) atoms. The van der Waals surface area contributed by atoms with E-state index in [0.29, 0.717) is 6.54 Å². The number of nitrogens with one attached hydrogen (secondary N) is 2. The standard InChI is InChI=1S/C24H31N3O2/c1-18(24(28)26-23-10-9-19-7-4-8-20(19)15-23)25-16-21-5-2-3-6-22(21)17-27-11-13-29-14-12-27/h2-3,5-6,9-10,15,18,25H,4,7-8,11-14,16-17H2,1H3,(H,26,28). The second kappa shape index (κ2) is 9.53. The third kappa shape index (κ3) is 5.24. The number of hydrogen-bond acceptors (Lipinski definition) is 4. The Morgan fingerprint density at radius 2 is 1.83 bits per heavy atom. The van der Waals surface area contributed by atoms with Crippen molar-refractivity contribution in [1.82, 2.24) is 10.2 Å². The van der Waals surface area contributed by atoms with E-state index in [9.17, 15) is 4.79 Å². The van der Waals surface area contributed by atoms with Gasteiger partial charge in [-0.25, -0.2) is 0 Å². The Hall–Kier alpha value is -2.21. The molecule has 1 unspecified atom stereocenters. The van der Waals surface area contributed by atoms with Crippen molar-refractivity contribution in [1.29, 1.82) is 0 Å². The minimum Gasteiger partial charge on any atom is -0.379 e. The monoisotopic (exact) mass is 393 g/mol. The first kappa shape index (κ1) is 20.1. The van der Waals surface area contributed by atoms with Crippen LogP contribution in [0.4, 0.5) is 5.69 Å². The van der Waals surface area contributed by atoms with Gasteiger partial charge in [0.05, 0.1) is 19.3 Å². The molecule has 4 rings (SSSR count). The molecule has 0 radical (unpaired) electrons. The number of carbonyl (C=O) groups excluding carboxylic acids is 1. The van der Waals surface area contributed by atoms with E-state index in [1.54, 1.807) is 0 Å². The van der Waals surface area contributed by atoms with E-state index in [-0.39, 0.29) is 11.9 Å². The smallest absolute Gasteiger partial charge is 0.241 e. The Morgan fingerprint density at radius 1 is 1.07 bits per heavy atom. The van der Waals surface area contributed by atoms with E-state index >= 15 is 0 Å². The highest BCUT2D eigenvalue weighted by molar-refractivity contribution is 5.94. The topological polar surface area (TPSA) is 53.6 Å². The van der Waals surface area contributed by atoms with E-state index in [1.807, 2.05) is 13.0 Å². The summed E-state index contributed by atoms with van der Waals surface area (Å²) in [5.41, 5.74) is 6.26. The summed E-state index contributed by atoms with van der Waals surface area (Å²) in [5.74, 6) is 0.00797. The summed E-state index contributed by atoms with van der Waals surface area (Å²) < 4.78 is 5.45. The van der Waals surface area contributed by atoms with Crippen molar-refractivity contribution < 1.29 is 9.53 Å². The zero-order valence-corrected chi connectivity index (χ0v) is 17.2. The third-order valence-electron chi connectivity index (χ3n) is 5.97. The van der Waals surface area contributed by atoms with Crippen LogP contribution in [0.15, 0.2) is 42.5 Å². The first-order valence-electron chi connectivity index (χ1n) is 10.7. The molecule has 1 amide bonds. The fourth-order valence-corrected chi connectivity index (χ4v) is 4.14. The maximum absolute atomic E-state index is 12.6. The van der Waals surface area contributed by atoms with Gasteiger partial charge in [0, 0.05) is 31.9 Å². The van der Waals surface area contributed by atoms with Crippen molar-refractivity contribution in [3.63, 3.8) is 0 Å². The number of anilines is 1. The molecule has 1 fully saturated rings. The van der Waals surface area contributed by atoms with E-state index in [1.165, 1.54) is 28.7 Å². The molecule has 0 aromatic heterocycles. The molecular weight excluding hydrogens is 362 g/mol. The zero-order chi connectivity index (χ0) is 20.1. The maximum Gasteiger partial charge on any atom is 0.241 e. The summed E-state index contributed by atoms with van der Waals surface area (Å²) in [4.78, 5) is 15.1. The van der Waals surface area contributed by atoms with Crippen molar-refractivity contribution >= 4 is 11.6 Å². The maximum atomic E-state index is 12.6. The van der Waals surface area contributed by atoms with Crippen LogP contribution >= 0.6 is 0 Å². The second-order valence-corrected chi connectivity index (χ2v) is 8.09. The second-order valence-electron chi connectivity index (χ2n) is 8.09. The molecule has 2 aromatic carbocycles. The van der Waals surface area contributed by atoms with Gasteiger partial charge in [-0.05, 0) is 60.6 Å². The molecule has 2 aliphatic rings. The van der Waals surface area contributed by atoms with Gasteiger partial charge in [-0.3, -0.25) is 9.69 Å². The Morgan fingerprint density at radius 3 is 2.66 bits per heavy atom. The number of fused-ring (bicyclic) bond motifs is 1. The van der Waals surface area contributed by atoms with Crippen LogP contribution < -0.4 is 10.6 Å². The van der Waals surface area contributed by atoms with Gasteiger partial charge in [0.15, 0.2) is 0 Å². The first-order chi connectivity index (χ1) is 14.2. The number of hydrogen-bond donors (Lipinski definition) is 2. The Bertz CT molecular complexity index is 846. The van der Waals surface area contributed by atoms with E-state index in [4.69, 9.17) is 4.74 Å². The molecule has 2 aromatic rings. The summed E-state index contributed by atoms with van der Waals surface area (Å²) in [6.45, 7) is 7.09. The van der Waals surface area contributed by atoms with Gasteiger partial charge in [-0.2, -0.15) is 0 Å². The lowest BCUT2D eigenvalue weighted by molar-refractivity contribution is -0.117. The highest BCUT2D eigenvalue weighted by atomic mass is 16.5. The molecule has 0 saturated carbocycles. The number of nitrogens with zero attached hydrogens (tertiary/aromatic N) is 1. The Labute approximate surface area is 173 Å². The minimum absolute atomic E-state index is 0.00797. The summed E-state index contributed by atoms with van der Waals surface area (Å²) in [5, 5.41) is 6.46. The molecule has 154 valence electrons. The predicted octanol–water partition coefficient (Wildman–Crippen LogP) is 3.12. The van der Waals surface area contributed by atoms with Crippen LogP contribution in [0.3, 0.4) is 0 Å². The van der Waals surface area contributed by atoms with Gasteiger partial charge >= 0.3 is 0 Å². The fourth-order valence-electron chi connectivity index (χ4n) is 4.14. The van der Waals surface area contributed by atoms with Crippen LogP contribution in [0, 0.1) is 0 Å². The van der Waals surface area contributed by atoms with Crippen molar-refractivity contribution in [2.75, 3.05) is 31.6 Å². The van der Waals surface area contributed by atoms with Crippen LogP contribution in [0.2, 0.25) is 0 Å². The molecule has 2 N–H and O–H groups in total. The Balaban J connectivity index is 1.32. The summed E-state index contributed by atoms with van der Waals surface area (Å²) in [6.07, 6.45) is 3.49. The molecule has 1 aliphatic heterocycles. The van der Waals surface area contributed by atoms with Crippen LogP contribution in [0.1, 0.15) is 35.6 Å². The minimum atomic E-state index is -0.264. The quantitative estimate of drug-likeness (QED) is 0.759. The molecule has 1 aliphatic carbocycles. The number of ether oxygens (including phenoxy) is 1. The van der Waals surface area contributed by atoms with Gasteiger partial charge in [0.2, 0.25) is 5.91 Å². The number of amides is 1. The van der Waals surface area contributed by atoms with Gasteiger partial charge in [-0.15, -0.1) is 0 Å². The number of aryl methyl sites for hydroxylation is 2. The highest BCUT2D eigenvalue weighted by Crippen LogP contribution is 2.25. The summed E-state index contributed by atoms with van der Waals surface area (Å²) in [6, 6.07) is 14.5. The summed E-state index contributed by atoms with van der Waals surface area (Å²) >= 11 is 0. The van der Waals surface area contributed by atoms with E-state index in [2.05, 4.69) is 51.9 Å². The number of rotatable bonds is 7. The largest absolute Gasteiger partial charge is 0.379 e. The Kier molecular flexibility index (Phi) is 6.60. The fraction of sp³-hybridized carbons (Fsp3) is 0.458. The number of morpholine rings is 1. The summed E-state index contributed by atoms with van der Waals surface area (Å²) in [7, 11) is 0. The van der Waals surface area contributed by atoms with Crippen LogP contribution in [0.25, 0.3) is 0 Å². The number of benzene rings is 2. The van der Waals surface area contributed by atoms with Crippen LogP contribution in [-0.4, -0.2) is 43.2 Å². The van der Waals surface area contributed by atoms with Gasteiger partial charge in [0.1, 0.15) is 0 Å². The lowest BCUT2D eigenvalue weighted by Gasteiger charge is -2.27. The van der Waals surface area contributed by atoms with Gasteiger partial charge in [0.25, 0.3) is 0 Å². The first-order valence-corrected chi connectivity index (χ1v) is 10.7. The van der Waals surface area contributed by atoms with Crippen molar-refractivity contribution in [3.8, 4) is 0 Å². The van der Waals surface area contributed by atoms with E-state index in [0.717, 1.165) is 51.4 Å². The zero-order valence-electron chi connectivity index (χ0n) is 17.2. The highest BCUT2D eigenvalue weighted by Gasteiger charge is 2.17. The van der Waals surface area contributed by atoms with Crippen molar-refractivity contribution in [3.05, 3.63) is 64.7 Å². The van der Waals surface area contributed by atoms with Crippen LogP contribution in [0.5, 0.6) is 0 Å². The van der Waals surface area contributed by atoms with Gasteiger partial charge in [-0.1, -0.05) is 30.3 Å². The number of carbonyl (C=O) groups is 1. The molecule has 0 bridgehead atoms. The molecule has 5 heteroatoms. The van der Waals surface area contributed by atoms with Crippen LogP contribution in [-0.2, 0) is 35.5 Å². The van der Waals surface area contributed by atoms with Crippen molar-refractivity contribution in [2.24, 2.45) is 0 Å². The molecule has 1 saturated heterocycles. The van der Waals surface area contributed by atoms with Gasteiger partial charge < -0.3 is 15.4 Å². The van der Waals surface area contributed by atoms with Crippen molar-refractivity contribution in [2.45, 2.75) is 45.3 Å². The lowest BCUT2D eigenvalue weighted by Crippen LogP contribution is -2.38. The molecular formula is C24H31N3O2. The SMILES string of the molecule is CC(NCc1ccccc1CN1CCOCC1)C(=O)Nc1ccc2c(c1)CCC2. The molecule has 1 atom stereocenters. The predicted molar refractivity (Wildman–Crippen MR) is 116 cm³/mol. The van der Waals surface area contributed by atoms with E-state index < -0.39 is 0 Å².